The highest BCUT2D eigenvalue weighted by Gasteiger charge is 2.41. The van der Waals surface area contributed by atoms with Gasteiger partial charge in [-0.15, -0.1) is 0 Å². The van der Waals surface area contributed by atoms with Crippen LogP contribution in [-0.4, -0.2) is 32.5 Å². The maximum absolute atomic E-state index is 13.5. The van der Waals surface area contributed by atoms with Gasteiger partial charge in [0.15, 0.2) is 0 Å². The topological polar surface area (TPSA) is 77.0 Å². The Kier molecular flexibility index (Phi) is 6.67. The normalized spacial score (nSPS) is 23.8. The minimum absolute atomic E-state index is 0.134. The molecular formula is C26H27FN4O2S. The molecule has 1 amide bonds. The zero-order chi connectivity index (χ0) is 23.5. The van der Waals surface area contributed by atoms with Gasteiger partial charge in [0.05, 0.1) is 35.4 Å². The number of amides is 1. The van der Waals surface area contributed by atoms with Gasteiger partial charge in [-0.2, -0.15) is 8.75 Å². The Bertz CT molecular complexity index is 1180. The van der Waals surface area contributed by atoms with E-state index in [0.717, 1.165) is 53.9 Å². The van der Waals surface area contributed by atoms with Gasteiger partial charge in [0.2, 0.25) is 0 Å². The van der Waals surface area contributed by atoms with E-state index in [2.05, 4.69) is 31.2 Å². The van der Waals surface area contributed by atoms with E-state index in [1.54, 1.807) is 12.3 Å². The molecule has 1 fully saturated rings. The lowest BCUT2D eigenvalue weighted by Gasteiger charge is -2.42. The first-order valence-electron chi connectivity index (χ1n) is 11.8. The average Bonchev–Trinajstić information content (AvgIpc) is 3.30. The van der Waals surface area contributed by atoms with Crippen molar-refractivity contribution in [2.24, 2.45) is 11.8 Å². The lowest BCUT2D eigenvalue weighted by molar-refractivity contribution is 0.128. The first-order chi connectivity index (χ1) is 16.6. The largest absolute Gasteiger partial charge is 0.450 e. The molecule has 176 valence electrons. The number of rotatable bonds is 5. The highest BCUT2D eigenvalue weighted by molar-refractivity contribution is 6.99. The Hall–Kier alpha value is -3.13. The van der Waals surface area contributed by atoms with Gasteiger partial charge in [0.1, 0.15) is 5.82 Å². The van der Waals surface area contributed by atoms with Crippen molar-refractivity contribution < 1.29 is 13.9 Å². The summed E-state index contributed by atoms with van der Waals surface area (Å²) >= 11 is 1.28. The van der Waals surface area contributed by atoms with Gasteiger partial charge in [-0.1, -0.05) is 24.3 Å². The summed E-state index contributed by atoms with van der Waals surface area (Å²) in [4.78, 5) is 16.5. The smallest absolute Gasteiger partial charge is 0.407 e. The molecule has 34 heavy (non-hydrogen) atoms. The predicted octanol–water partition coefficient (Wildman–Crippen LogP) is 5.62. The molecule has 0 aliphatic heterocycles. The number of ether oxygens (including phenoxy) is 1. The number of alkyl carbamates (subject to hydrolysis) is 1. The zero-order valence-electron chi connectivity index (χ0n) is 19.0. The van der Waals surface area contributed by atoms with Crippen molar-refractivity contribution >= 4 is 23.9 Å². The SMILES string of the molecule is CCOC(=O)N[C@@H]1CC[C@@H]2[C@H](Cc3nsnc3[C@H]2/C=C/c2ccc(-c3cccc(F)c3)cn2)C1. The molecule has 2 aliphatic carbocycles. The molecule has 0 radical (unpaired) electrons. The van der Waals surface area contributed by atoms with Crippen molar-refractivity contribution in [2.75, 3.05) is 6.61 Å². The number of aromatic nitrogens is 3. The summed E-state index contributed by atoms with van der Waals surface area (Å²) in [5, 5.41) is 3.02. The van der Waals surface area contributed by atoms with Gasteiger partial charge in [0, 0.05) is 23.7 Å². The molecule has 0 saturated heterocycles. The lowest BCUT2D eigenvalue weighted by atomic mass is 9.64. The molecule has 5 rings (SSSR count). The van der Waals surface area contributed by atoms with E-state index in [9.17, 15) is 9.18 Å². The molecule has 4 atom stereocenters. The Morgan fingerprint density at radius 2 is 2.15 bits per heavy atom. The van der Waals surface area contributed by atoms with Crippen molar-refractivity contribution in [1.82, 2.24) is 19.0 Å². The number of hydrogen-bond acceptors (Lipinski definition) is 6. The summed E-state index contributed by atoms with van der Waals surface area (Å²) in [5.74, 6) is 0.823. The van der Waals surface area contributed by atoms with Crippen LogP contribution in [0.25, 0.3) is 17.2 Å². The van der Waals surface area contributed by atoms with E-state index in [0.29, 0.717) is 18.4 Å². The number of carbonyl (C=O) groups is 1. The summed E-state index contributed by atoms with van der Waals surface area (Å²) in [6.07, 6.45) is 9.47. The van der Waals surface area contributed by atoms with Crippen LogP contribution in [0.15, 0.2) is 48.7 Å². The summed E-state index contributed by atoms with van der Waals surface area (Å²) in [6.45, 7) is 2.19. The number of nitrogens with zero attached hydrogens (tertiary/aromatic N) is 3. The van der Waals surface area contributed by atoms with Gasteiger partial charge >= 0.3 is 6.09 Å². The standard InChI is InChI=1S/C26H27FN4O2S/c1-2-33-26(32)29-21-9-10-22-18(13-21)14-24-25(31-34-30-24)23(22)11-8-20-7-6-17(15-28-20)16-4-3-5-19(27)12-16/h3-8,11-12,15,18,21-23H,2,9-10,13-14H2,1H3,(H,29,32)/b11-8+/t18-,21+,22+,23-/m0/s1. The fourth-order valence-electron chi connectivity index (χ4n) is 5.30. The first-order valence-corrected chi connectivity index (χ1v) is 12.5. The van der Waals surface area contributed by atoms with E-state index in [-0.39, 0.29) is 23.9 Å². The van der Waals surface area contributed by atoms with Crippen LogP contribution in [0.2, 0.25) is 0 Å². The molecule has 8 heteroatoms. The second-order valence-electron chi connectivity index (χ2n) is 8.97. The fourth-order valence-corrected chi connectivity index (χ4v) is 5.93. The van der Waals surface area contributed by atoms with E-state index >= 15 is 0 Å². The fraction of sp³-hybridized carbons (Fsp3) is 0.385. The third-order valence-corrected chi connectivity index (χ3v) is 7.46. The van der Waals surface area contributed by atoms with E-state index < -0.39 is 0 Å². The molecule has 2 aliphatic rings. The van der Waals surface area contributed by atoms with Crippen LogP contribution in [0.1, 0.15) is 49.2 Å². The number of carbonyl (C=O) groups excluding carboxylic acids is 1. The quantitative estimate of drug-likeness (QED) is 0.515. The van der Waals surface area contributed by atoms with Crippen LogP contribution in [0.3, 0.4) is 0 Å². The molecular weight excluding hydrogens is 451 g/mol. The summed E-state index contributed by atoms with van der Waals surface area (Å²) < 4.78 is 27.8. The van der Waals surface area contributed by atoms with Crippen molar-refractivity contribution in [3.8, 4) is 11.1 Å². The second kappa shape index (κ2) is 10.0. The minimum atomic E-state index is -0.331. The van der Waals surface area contributed by atoms with Gasteiger partial charge in [-0.05, 0) is 74.3 Å². The molecule has 1 N–H and O–H groups in total. The van der Waals surface area contributed by atoms with Crippen LogP contribution < -0.4 is 5.32 Å². The number of halogens is 1. The minimum Gasteiger partial charge on any atom is -0.450 e. The molecule has 2 heterocycles. The summed E-state index contributed by atoms with van der Waals surface area (Å²) in [6, 6.07) is 10.6. The van der Waals surface area contributed by atoms with E-state index in [1.807, 2.05) is 25.1 Å². The number of allylic oxidation sites excluding steroid dienone is 1. The first kappa shape index (κ1) is 22.7. The lowest BCUT2D eigenvalue weighted by Crippen LogP contribution is -2.44. The molecule has 0 spiro atoms. The van der Waals surface area contributed by atoms with E-state index in [4.69, 9.17) is 4.74 Å². The molecule has 1 saturated carbocycles. The van der Waals surface area contributed by atoms with Gasteiger partial charge in [-0.3, -0.25) is 4.98 Å². The monoisotopic (exact) mass is 478 g/mol. The highest BCUT2D eigenvalue weighted by Crippen LogP contribution is 2.47. The van der Waals surface area contributed by atoms with Gasteiger partial charge in [0.25, 0.3) is 0 Å². The van der Waals surface area contributed by atoms with Crippen molar-refractivity contribution in [2.45, 2.75) is 44.6 Å². The Morgan fingerprint density at radius 1 is 1.24 bits per heavy atom. The Balaban J connectivity index is 1.32. The average molecular weight is 479 g/mol. The Labute approximate surface area is 202 Å². The van der Waals surface area contributed by atoms with Crippen LogP contribution >= 0.6 is 11.7 Å². The third-order valence-electron chi connectivity index (χ3n) is 6.88. The predicted molar refractivity (Wildman–Crippen MR) is 130 cm³/mol. The number of nitrogens with one attached hydrogen (secondary N) is 1. The molecule has 2 aromatic heterocycles. The van der Waals surface area contributed by atoms with Crippen molar-refractivity contribution in [1.29, 1.82) is 0 Å². The van der Waals surface area contributed by atoms with Crippen LogP contribution in [0, 0.1) is 17.7 Å². The maximum Gasteiger partial charge on any atom is 0.407 e. The Morgan fingerprint density at radius 3 is 2.94 bits per heavy atom. The van der Waals surface area contributed by atoms with Crippen LogP contribution in [0.4, 0.5) is 9.18 Å². The van der Waals surface area contributed by atoms with Gasteiger partial charge < -0.3 is 10.1 Å². The van der Waals surface area contributed by atoms with Crippen LogP contribution in [-0.2, 0) is 11.2 Å². The van der Waals surface area contributed by atoms with Crippen molar-refractivity contribution in [3.05, 3.63) is 71.6 Å². The maximum atomic E-state index is 13.5. The molecule has 3 aromatic rings. The number of benzene rings is 1. The molecule has 0 unspecified atom stereocenters. The van der Waals surface area contributed by atoms with Gasteiger partial charge in [-0.25, -0.2) is 9.18 Å². The number of fused-ring (bicyclic) bond motifs is 2. The highest BCUT2D eigenvalue weighted by atomic mass is 32.1. The van der Waals surface area contributed by atoms with Crippen molar-refractivity contribution in [3.63, 3.8) is 0 Å². The molecule has 6 nitrogen and oxygen atoms in total. The van der Waals surface area contributed by atoms with E-state index in [1.165, 1.54) is 23.9 Å². The molecule has 1 aromatic carbocycles. The zero-order valence-corrected chi connectivity index (χ0v) is 19.8. The summed E-state index contributed by atoms with van der Waals surface area (Å²) in [5.41, 5.74) is 4.70. The van der Waals surface area contributed by atoms with Crippen LogP contribution in [0.5, 0.6) is 0 Å². The third kappa shape index (κ3) is 4.87. The number of pyridine rings is 1. The molecule has 0 bridgehead atoms. The number of hydrogen-bond donors (Lipinski definition) is 1. The second-order valence-corrected chi connectivity index (χ2v) is 9.49. The summed E-state index contributed by atoms with van der Waals surface area (Å²) in [7, 11) is 0.